The van der Waals surface area contributed by atoms with Gasteiger partial charge < -0.3 is 4.57 Å². The van der Waals surface area contributed by atoms with Crippen LogP contribution in [0.25, 0.3) is 11.0 Å². The maximum atomic E-state index is 12.5. The molecule has 0 aliphatic heterocycles. The van der Waals surface area contributed by atoms with E-state index >= 15 is 0 Å². The molecule has 0 radical (unpaired) electrons. The maximum Gasteiger partial charge on any atom is 0.236 e. The molecule has 4 rings (SSSR count). The van der Waals surface area contributed by atoms with Gasteiger partial charge in [-0.3, -0.25) is 4.72 Å². The summed E-state index contributed by atoms with van der Waals surface area (Å²) < 4.78 is 29.7. The van der Waals surface area contributed by atoms with Gasteiger partial charge in [0, 0.05) is 11.6 Å². The molecule has 0 bridgehead atoms. The number of nitrogens with one attached hydrogen (secondary N) is 1. The SMILES string of the molecule is O=S(=O)(Cc1ccccc1Cl)Nc1ccc2c(c1)ncn2Cc1ccccc1. The van der Waals surface area contributed by atoms with Crippen LogP contribution in [0.15, 0.2) is 79.1 Å². The van der Waals surface area contributed by atoms with Gasteiger partial charge in [0.1, 0.15) is 0 Å². The molecule has 0 fully saturated rings. The van der Waals surface area contributed by atoms with Gasteiger partial charge in [-0.15, -0.1) is 0 Å². The number of rotatable bonds is 6. The predicted octanol–water partition coefficient (Wildman–Crippen LogP) is 4.68. The van der Waals surface area contributed by atoms with Gasteiger partial charge in [0.05, 0.1) is 28.8 Å². The lowest BCUT2D eigenvalue weighted by Gasteiger charge is -2.10. The van der Waals surface area contributed by atoms with Gasteiger partial charge >= 0.3 is 0 Å². The Morgan fingerprint density at radius 2 is 1.71 bits per heavy atom. The zero-order valence-electron chi connectivity index (χ0n) is 14.9. The van der Waals surface area contributed by atoms with Crippen molar-refractivity contribution in [3.05, 3.63) is 95.3 Å². The highest BCUT2D eigenvalue weighted by Crippen LogP contribution is 2.22. The standard InChI is InChI=1S/C21H18ClN3O2S/c22-19-9-5-4-8-17(19)14-28(26,27)24-18-10-11-21-20(12-18)23-15-25(21)13-16-6-2-1-3-7-16/h1-12,15,24H,13-14H2. The fraction of sp³-hybridized carbons (Fsp3) is 0.0952. The summed E-state index contributed by atoms with van der Waals surface area (Å²) in [6, 6.07) is 22.4. The fourth-order valence-corrected chi connectivity index (χ4v) is 4.57. The van der Waals surface area contributed by atoms with Crippen molar-refractivity contribution in [2.75, 3.05) is 4.72 Å². The van der Waals surface area contributed by atoms with Crippen LogP contribution in [-0.2, 0) is 22.3 Å². The molecule has 0 aliphatic carbocycles. The number of benzene rings is 3. The number of sulfonamides is 1. The molecule has 7 heteroatoms. The molecule has 5 nitrogen and oxygen atoms in total. The van der Waals surface area contributed by atoms with Crippen molar-refractivity contribution in [2.24, 2.45) is 0 Å². The van der Waals surface area contributed by atoms with Crippen LogP contribution in [0.5, 0.6) is 0 Å². The molecule has 1 aromatic heterocycles. The van der Waals surface area contributed by atoms with Crippen LogP contribution >= 0.6 is 11.6 Å². The first-order chi connectivity index (χ1) is 13.5. The molecule has 0 atom stereocenters. The Morgan fingerprint density at radius 1 is 0.964 bits per heavy atom. The first-order valence-corrected chi connectivity index (χ1v) is 10.8. The Bertz CT molecular complexity index is 1220. The van der Waals surface area contributed by atoms with Crippen LogP contribution in [-0.4, -0.2) is 18.0 Å². The Labute approximate surface area is 168 Å². The summed E-state index contributed by atoms with van der Waals surface area (Å²) in [4.78, 5) is 4.41. The Balaban J connectivity index is 1.54. The van der Waals surface area contributed by atoms with E-state index in [9.17, 15) is 8.42 Å². The molecule has 28 heavy (non-hydrogen) atoms. The number of aromatic nitrogens is 2. The third kappa shape index (κ3) is 4.18. The molecule has 4 aromatic rings. The number of nitrogens with zero attached hydrogens (tertiary/aromatic N) is 2. The summed E-state index contributed by atoms with van der Waals surface area (Å²) in [5.41, 5.74) is 3.88. The molecule has 0 unspecified atom stereocenters. The molecule has 0 saturated heterocycles. The number of hydrogen-bond acceptors (Lipinski definition) is 3. The minimum Gasteiger partial charge on any atom is -0.326 e. The van der Waals surface area contributed by atoms with E-state index in [0.29, 0.717) is 22.8 Å². The molecule has 1 N–H and O–H groups in total. The molecule has 3 aromatic carbocycles. The zero-order valence-corrected chi connectivity index (χ0v) is 16.5. The van der Waals surface area contributed by atoms with Crippen molar-refractivity contribution in [3.63, 3.8) is 0 Å². The number of halogens is 1. The van der Waals surface area contributed by atoms with Crippen LogP contribution in [0, 0.1) is 0 Å². The van der Waals surface area contributed by atoms with E-state index < -0.39 is 10.0 Å². The topological polar surface area (TPSA) is 64.0 Å². The lowest BCUT2D eigenvalue weighted by atomic mass is 10.2. The maximum absolute atomic E-state index is 12.5. The highest BCUT2D eigenvalue weighted by molar-refractivity contribution is 7.91. The van der Waals surface area contributed by atoms with Crippen molar-refractivity contribution in [3.8, 4) is 0 Å². The third-order valence-electron chi connectivity index (χ3n) is 4.39. The summed E-state index contributed by atoms with van der Waals surface area (Å²) in [5, 5.41) is 0.433. The summed E-state index contributed by atoms with van der Waals surface area (Å²) in [6.45, 7) is 0.703. The second-order valence-corrected chi connectivity index (χ2v) is 8.64. The summed E-state index contributed by atoms with van der Waals surface area (Å²) >= 11 is 6.08. The van der Waals surface area contributed by atoms with Crippen molar-refractivity contribution in [1.82, 2.24) is 9.55 Å². The average molecular weight is 412 g/mol. The molecular weight excluding hydrogens is 394 g/mol. The normalized spacial score (nSPS) is 11.6. The monoisotopic (exact) mass is 411 g/mol. The average Bonchev–Trinajstić information content (AvgIpc) is 3.06. The van der Waals surface area contributed by atoms with E-state index in [4.69, 9.17) is 11.6 Å². The van der Waals surface area contributed by atoms with Gasteiger partial charge in [0.25, 0.3) is 0 Å². The number of fused-ring (bicyclic) bond motifs is 1. The van der Waals surface area contributed by atoms with E-state index in [1.54, 1.807) is 42.7 Å². The van der Waals surface area contributed by atoms with E-state index in [2.05, 4.69) is 21.8 Å². The molecule has 0 amide bonds. The second-order valence-electron chi connectivity index (χ2n) is 6.51. The second kappa shape index (κ2) is 7.66. The Hall–Kier alpha value is -2.83. The first-order valence-electron chi connectivity index (χ1n) is 8.73. The zero-order chi connectivity index (χ0) is 19.6. The molecule has 0 saturated carbocycles. The largest absolute Gasteiger partial charge is 0.326 e. The van der Waals surface area contributed by atoms with Crippen molar-refractivity contribution in [1.29, 1.82) is 0 Å². The minimum absolute atomic E-state index is 0.187. The Kier molecular flexibility index (Phi) is 5.07. The summed E-state index contributed by atoms with van der Waals surface area (Å²) in [7, 11) is -3.59. The minimum atomic E-state index is -3.59. The van der Waals surface area contributed by atoms with Crippen molar-refractivity contribution in [2.45, 2.75) is 12.3 Å². The third-order valence-corrected chi connectivity index (χ3v) is 6.00. The lowest BCUT2D eigenvalue weighted by Crippen LogP contribution is -2.15. The van der Waals surface area contributed by atoms with Crippen LogP contribution < -0.4 is 4.72 Å². The van der Waals surface area contributed by atoms with Crippen LogP contribution in [0.4, 0.5) is 5.69 Å². The molecule has 0 spiro atoms. The van der Waals surface area contributed by atoms with Gasteiger partial charge in [-0.2, -0.15) is 0 Å². The highest BCUT2D eigenvalue weighted by Gasteiger charge is 2.15. The van der Waals surface area contributed by atoms with E-state index in [1.807, 2.05) is 28.8 Å². The summed E-state index contributed by atoms with van der Waals surface area (Å²) in [5.74, 6) is -0.187. The van der Waals surface area contributed by atoms with Crippen LogP contribution in [0.2, 0.25) is 5.02 Å². The van der Waals surface area contributed by atoms with E-state index in [1.165, 1.54) is 5.56 Å². The smallest absolute Gasteiger partial charge is 0.236 e. The highest BCUT2D eigenvalue weighted by atomic mass is 35.5. The predicted molar refractivity (Wildman–Crippen MR) is 113 cm³/mol. The number of hydrogen-bond donors (Lipinski definition) is 1. The van der Waals surface area contributed by atoms with Gasteiger partial charge in [0.2, 0.25) is 10.0 Å². The first kappa shape index (κ1) is 18.5. The molecule has 142 valence electrons. The van der Waals surface area contributed by atoms with Crippen LogP contribution in [0.1, 0.15) is 11.1 Å². The summed E-state index contributed by atoms with van der Waals surface area (Å²) in [6.07, 6.45) is 1.76. The van der Waals surface area contributed by atoms with Crippen molar-refractivity contribution < 1.29 is 8.42 Å². The number of anilines is 1. The van der Waals surface area contributed by atoms with Crippen molar-refractivity contribution >= 4 is 38.3 Å². The molecule has 0 aliphatic rings. The Morgan fingerprint density at radius 3 is 2.50 bits per heavy atom. The van der Waals surface area contributed by atoms with E-state index in [0.717, 1.165) is 11.0 Å². The quantitative estimate of drug-likeness (QED) is 0.501. The molecule has 1 heterocycles. The van der Waals surface area contributed by atoms with Gasteiger partial charge in [-0.25, -0.2) is 13.4 Å². The molecular formula is C21H18ClN3O2S. The van der Waals surface area contributed by atoms with E-state index in [-0.39, 0.29) is 5.75 Å². The lowest BCUT2D eigenvalue weighted by molar-refractivity contribution is 0.600. The van der Waals surface area contributed by atoms with Gasteiger partial charge in [0.15, 0.2) is 0 Å². The van der Waals surface area contributed by atoms with Gasteiger partial charge in [-0.05, 0) is 35.4 Å². The number of imidazole rings is 1. The fourth-order valence-electron chi connectivity index (χ4n) is 3.07. The van der Waals surface area contributed by atoms with Crippen LogP contribution in [0.3, 0.4) is 0 Å². The van der Waals surface area contributed by atoms with Gasteiger partial charge in [-0.1, -0.05) is 60.1 Å².